The van der Waals surface area contributed by atoms with Gasteiger partial charge in [0, 0.05) is 5.41 Å². The van der Waals surface area contributed by atoms with Crippen LogP contribution in [0.5, 0.6) is 0 Å². The van der Waals surface area contributed by atoms with Crippen molar-refractivity contribution in [1.29, 1.82) is 0 Å². The molecule has 1 saturated carbocycles. The quantitative estimate of drug-likeness (QED) is 0.739. The Morgan fingerprint density at radius 1 is 1.71 bits per heavy atom. The molecule has 0 radical (unpaired) electrons. The first kappa shape index (κ1) is 8.99. The molecule has 4 heteroatoms. The average molecular weight is 194 g/mol. The second-order valence-corrected chi connectivity index (χ2v) is 3.83. The van der Waals surface area contributed by atoms with Crippen LogP contribution in [0.4, 0.5) is 0 Å². The van der Waals surface area contributed by atoms with Crippen LogP contribution >= 0.6 is 0 Å². The number of carbonyl (C=O) groups is 2. The minimum Gasteiger partial charge on any atom is -0.481 e. The zero-order valence-electron chi connectivity index (χ0n) is 7.69. The molecule has 1 aliphatic carbocycles. The summed E-state index contributed by atoms with van der Waals surface area (Å²) in [6, 6.07) is 3.23. The third-order valence-electron chi connectivity index (χ3n) is 2.84. The van der Waals surface area contributed by atoms with E-state index in [9.17, 15) is 9.59 Å². The molecule has 0 aliphatic heterocycles. The smallest absolute Gasteiger partial charge is 0.307 e. The highest BCUT2D eigenvalue weighted by Gasteiger charge is 2.58. The van der Waals surface area contributed by atoms with Gasteiger partial charge >= 0.3 is 5.97 Å². The van der Waals surface area contributed by atoms with Gasteiger partial charge in [0.25, 0.3) is 0 Å². The predicted octanol–water partition coefficient (Wildman–Crippen LogP) is 1.45. The summed E-state index contributed by atoms with van der Waals surface area (Å²) in [5.41, 5.74) is -0.424. The summed E-state index contributed by atoms with van der Waals surface area (Å²) in [6.45, 7) is 1.83. The zero-order chi connectivity index (χ0) is 10.3. The van der Waals surface area contributed by atoms with Crippen molar-refractivity contribution < 1.29 is 19.1 Å². The molecule has 0 aromatic carbocycles. The molecule has 14 heavy (non-hydrogen) atoms. The molecule has 1 N–H and O–H groups in total. The number of hydrogen-bond donors (Lipinski definition) is 1. The fourth-order valence-electron chi connectivity index (χ4n) is 1.72. The molecule has 0 spiro atoms. The Labute approximate surface area is 80.5 Å². The van der Waals surface area contributed by atoms with Crippen LogP contribution in [0.1, 0.15) is 29.7 Å². The second kappa shape index (κ2) is 2.70. The lowest BCUT2D eigenvalue weighted by Gasteiger charge is -2.04. The molecule has 0 amide bonds. The third-order valence-corrected chi connectivity index (χ3v) is 2.84. The molecule has 0 saturated heterocycles. The molecule has 2 atom stereocenters. The van der Waals surface area contributed by atoms with Crippen LogP contribution in [0.3, 0.4) is 0 Å². The van der Waals surface area contributed by atoms with E-state index in [2.05, 4.69) is 0 Å². The molecule has 1 aliphatic rings. The standard InChI is InChI=1S/C10H10O4/c1-10(4-7(10)9(12)13)8-3-2-6(5-11)14-8/h2-3,5,7H,4H2,1H3,(H,12,13)/t7-,10?/m0/s1. The highest BCUT2D eigenvalue weighted by molar-refractivity contribution is 5.77. The van der Waals surface area contributed by atoms with Gasteiger partial charge in [-0.25, -0.2) is 0 Å². The van der Waals surface area contributed by atoms with E-state index in [1.807, 2.05) is 6.92 Å². The molecule has 74 valence electrons. The summed E-state index contributed by atoms with van der Waals surface area (Å²) in [4.78, 5) is 21.1. The predicted molar refractivity (Wildman–Crippen MR) is 47.2 cm³/mol. The van der Waals surface area contributed by atoms with Crippen molar-refractivity contribution in [3.63, 3.8) is 0 Å². The van der Waals surface area contributed by atoms with Gasteiger partial charge in [0.15, 0.2) is 12.0 Å². The lowest BCUT2D eigenvalue weighted by atomic mass is 10.0. The summed E-state index contributed by atoms with van der Waals surface area (Å²) in [6.07, 6.45) is 1.19. The van der Waals surface area contributed by atoms with Crippen molar-refractivity contribution >= 4 is 12.3 Å². The molecule has 1 unspecified atom stereocenters. The SMILES string of the molecule is CC1(c2ccc(C=O)o2)C[C@H]1C(=O)O. The Bertz CT molecular complexity index is 393. The Hall–Kier alpha value is -1.58. The summed E-state index contributed by atoms with van der Waals surface area (Å²) in [7, 11) is 0. The van der Waals surface area contributed by atoms with Crippen molar-refractivity contribution in [2.75, 3.05) is 0 Å². The van der Waals surface area contributed by atoms with Gasteiger partial charge in [-0.05, 0) is 18.6 Å². The van der Waals surface area contributed by atoms with Gasteiger partial charge in [0.2, 0.25) is 0 Å². The van der Waals surface area contributed by atoms with Gasteiger partial charge in [0.1, 0.15) is 5.76 Å². The van der Waals surface area contributed by atoms with Gasteiger partial charge in [-0.3, -0.25) is 9.59 Å². The number of aliphatic carboxylic acids is 1. The van der Waals surface area contributed by atoms with Crippen molar-refractivity contribution in [2.45, 2.75) is 18.8 Å². The maximum Gasteiger partial charge on any atom is 0.307 e. The van der Waals surface area contributed by atoms with Crippen LogP contribution in [0.15, 0.2) is 16.5 Å². The first-order valence-corrected chi connectivity index (χ1v) is 4.36. The van der Waals surface area contributed by atoms with E-state index in [-0.39, 0.29) is 11.7 Å². The average Bonchev–Trinajstić information content (AvgIpc) is 2.65. The van der Waals surface area contributed by atoms with E-state index in [0.29, 0.717) is 18.5 Å². The number of rotatable bonds is 3. The van der Waals surface area contributed by atoms with E-state index in [1.165, 1.54) is 0 Å². The van der Waals surface area contributed by atoms with Crippen molar-refractivity contribution in [1.82, 2.24) is 0 Å². The maximum absolute atomic E-state index is 10.7. The maximum atomic E-state index is 10.7. The Balaban J connectivity index is 2.25. The van der Waals surface area contributed by atoms with Crippen molar-refractivity contribution in [2.24, 2.45) is 5.92 Å². The highest BCUT2D eigenvalue weighted by atomic mass is 16.4. The fraction of sp³-hybridized carbons (Fsp3) is 0.400. The van der Waals surface area contributed by atoms with Crippen molar-refractivity contribution in [3.8, 4) is 0 Å². The number of hydrogen-bond acceptors (Lipinski definition) is 3. The largest absolute Gasteiger partial charge is 0.481 e. The van der Waals surface area contributed by atoms with Crippen LogP contribution < -0.4 is 0 Å². The normalized spacial score (nSPS) is 29.9. The van der Waals surface area contributed by atoms with Gasteiger partial charge in [-0.1, -0.05) is 6.92 Å². The topological polar surface area (TPSA) is 67.5 Å². The van der Waals surface area contributed by atoms with Gasteiger partial charge in [0.05, 0.1) is 5.92 Å². The molecule has 1 aromatic heterocycles. The van der Waals surface area contributed by atoms with Crippen LogP contribution in [0.2, 0.25) is 0 Å². The number of furan rings is 1. The molecular weight excluding hydrogens is 184 g/mol. The molecule has 1 heterocycles. The van der Waals surface area contributed by atoms with E-state index in [4.69, 9.17) is 9.52 Å². The minimum absolute atomic E-state index is 0.247. The zero-order valence-corrected chi connectivity index (χ0v) is 7.69. The Morgan fingerprint density at radius 2 is 2.43 bits per heavy atom. The van der Waals surface area contributed by atoms with Gasteiger partial charge in [-0.15, -0.1) is 0 Å². The molecule has 4 nitrogen and oxygen atoms in total. The van der Waals surface area contributed by atoms with E-state index in [0.717, 1.165) is 0 Å². The number of carboxylic acid groups (broad SMARTS) is 1. The minimum atomic E-state index is -0.809. The summed E-state index contributed by atoms with van der Waals surface area (Å²) in [5, 5.41) is 8.80. The summed E-state index contributed by atoms with van der Waals surface area (Å²) in [5.74, 6) is -0.353. The lowest BCUT2D eigenvalue weighted by Crippen LogP contribution is -2.09. The van der Waals surface area contributed by atoms with E-state index >= 15 is 0 Å². The third kappa shape index (κ3) is 1.14. The van der Waals surface area contributed by atoms with Gasteiger partial charge < -0.3 is 9.52 Å². The van der Waals surface area contributed by atoms with Crippen LogP contribution in [0.25, 0.3) is 0 Å². The summed E-state index contributed by atoms with van der Waals surface area (Å²) >= 11 is 0. The van der Waals surface area contributed by atoms with Gasteiger partial charge in [-0.2, -0.15) is 0 Å². The van der Waals surface area contributed by atoms with E-state index in [1.54, 1.807) is 12.1 Å². The van der Waals surface area contributed by atoms with Crippen molar-refractivity contribution in [3.05, 3.63) is 23.7 Å². The molecule has 1 aromatic rings. The molecular formula is C10H10O4. The lowest BCUT2D eigenvalue weighted by molar-refractivity contribution is -0.139. The number of carbonyl (C=O) groups excluding carboxylic acids is 1. The molecule has 1 fully saturated rings. The Kier molecular flexibility index (Phi) is 1.74. The van der Waals surface area contributed by atoms with Crippen LogP contribution in [-0.2, 0) is 10.2 Å². The first-order valence-electron chi connectivity index (χ1n) is 4.36. The number of aldehydes is 1. The number of carboxylic acids is 1. The molecule has 0 bridgehead atoms. The van der Waals surface area contributed by atoms with Crippen LogP contribution in [-0.4, -0.2) is 17.4 Å². The summed E-state index contributed by atoms with van der Waals surface area (Å²) < 4.78 is 5.21. The first-order chi connectivity index (χ1) is 6.58. The monoisotopic (exact) mass is 194 g/mol. The fourth-order valence-corrected chi connectivity index (χ4v) is 1.72. The second-order valence-electron chi connectivity index (χ2n) is 3.83. The molecule has 2 rings (SSSR count). The Morgan fingerprint density at radius 3 is 2.86 bits per heavy atom. The van der Waals surface area contributed by atoms with Crippen LogP contribution in [0, 0.1) is 5.92 Å². The highest BCUT2D eigenvalue weighted by Crippen LogP contribution is 2.54. The van der Waals surface area contributed by atoms with E-state index < -0.39 is 11.4 Å².